The van der Waals surface area contributed by atoms with E-state index >= 15 is 0 Å². The second-order valence-electron chi connectivity index (χ2n) is 10.1. The van der Waals surface area contributed by atoms with Gasteiger partial charge in [-0.1, -0.05) is 25.1 Å². The molecule has 40 heavy (non-hydrogen) atoms. The molecule has 1 amide bonds. The zero-order valence-corrected chi connectivity index (χ0v) is 24.1. The molecule has 4 rings (SSSR count). The van der Waals surface area contributed by atoms with Crippen molar-refractivity contribution in [2.24, 2.45) is 5.92 Å². The Hall–Kier alpha value is -3.45. The first-order chi connectivity index (χ1) is 19.0. The Morgan fingerprint density at radius 1 is 1.23 bits per heavy atom. The number of thiophene rings is 1. The fourth-order valence-electron chi connectivity index (χ4n) is 4.56. The molecule has 2 aromatic carbocycles. The maximum absolute atomic E-state index is 13.6. The van der Waals surface area contributed by atoms with Crippen LogP contribution in [0.4, 0.5) is 5.69 Å². The number of fused-ring (bicyclic) bond motifs is 1. The van der Waals surface area contributed by atoms with E-state index in [9.17, 15) is 23.1 Å². The average Bonchev–Trinajstić information content (AvgIpc) is 3.47. The molecule has 0 fully saturated rings. The van der Waals surface area contributed by atoms with Crippen LogP contribution < -0.4 is 9.46 Å². The van der Waals surface area contributed by atoms with Crippen molar-refractivity contribution in [1.29, 1.82) is 0 Å². The van der Waals surface area contributed by atoms with Gasteiger partial charge in [0.1, 0.15) is 16.1 Å². The minimum atomic E-state index is -3.81. The molecule has 1 aromatic heterocycles. The summed E-state index contributed by atoms with van der Waals surface area (Å²) in [6.45, 7) is 4.91. The lowest BCUT2D eigenvalue weighted by Crippen LogP contribution is -2.49. The number of sulfonamides is 1. The Balaban J connectivity index is 1.59. The number of hydrogen-bond acceptors (Lipinski definition) is 8. The standard InChI is InChI=1S/C28H33N3O7S2/c1-18-14-31(19(2)17-32)27(33)23-13-22(29-40(36,37)26-5-4-12-39-26)10-11-24(23)38-25(18)16-30(3)15-20-6-8-21(9-7-20)28(34)35/h4-13,18-19,25,29,32H,14-17H2,1-3H3,(H,34,35)/t18-,19-,25-/m0/s1. The van der Waals surface area contributed by atoms with Crippen molar-refractivity contribution in [2.75, 3.05) is 31.5 Å². The number of carbonyl (C=O) groups excluding carboxylic acids is 1. The summed E-state index contributed by atoms with van der Waals surface area (Å²) < 4.78 is 34.6. The van der Waals surface area contributed by atoms with Crippen LogP contribution in [-0.4, -0.2) is 79.2 Å². The van der Waals surface area contributed by atoms with E-state index < -0.39 is 22.0 Å². The number of carbonyl (C=O) groups is 2. The van der Waals surface area contributed by atoms with Gasteiger partial charge in [-0.25, -0.2) is 13.2 Å². The Morgan fingerprint density at radius 2 is 1.95 bits per heavy atom. The lowest BCUT2D eigenvalue weighted by atomic mass is 9.99. The number of nitrogens with zero attached hydrogens (tertiary/aromatic N) is 2. The predicted molar refractivity (Wildman–Crippen MR) is 152 cm³/mol. The van der Waals surface area contributed by atoms with Gasteiger partial charge in [-0.2, -0.15) is 0 Å². The first-order valence-corrected chi connectivity index (χ1v) is 15.1. The summed E-state index contributed by atoms with van der Waals surface area (Å²) in [5, 5.41) is 20.7. The largest absolute Gasteiger partial charge is 0.488 e. The van der Waals surface area contributed by atoms with E-state index in [1.54, 1.807) is 59.7 Å². The fraction of sp³-hybridized carbons (Fsp3) is 0.357. The number of aliphatic hydroxyl groups excluding tert-OH is 1. The van der Waals surface area contributed by atoms with Gasteiger partial charge in [-0.05, 0) is 61.3 Å². The summed E-state index contributed by atoms with van der Waals surface area (Å²) in [6.07, 6.45) is -0.336. The van der Waals surface area contributed by atoms with Crippen LogP contribution in [-0.2, 0) is 16.6 Å². The van der Waals surface area contributed by atoms with E-state index in [-0.39, 0.29) is 45.6 Å². The Morgan fingerprint density at radius 3 is 2.58 bits per heavy atom. The molecule has 10 nitrogen and oxygen atoms in total. The van der Waals surface area contributed by atoms with Gasteiger partial charge in [-0.3, -0.25) is 14.4 Å². The summed E-state index contributed by atoms with van der Waals surface area (Å²) >= 11 is 1.09. The quantitative estimate of drug-likeness (QED) is 0.327. The fourth-order valence-corrected chi connectivity index (χ4v) is 6.60. The summed E-state index contributed by atoms with van der Waals surface area (Å²) in [7, 11) is -1.88. The van der Waals surface area contributed by atoms with E-state index in [4.69, 9.17) is 9.84 Å². The molecule has 1 aliphatic heterocycles. The summed E-state index contributed by atoms with van der Waals surface area (Å²) in [6, 6.07) is 14.0. The van der Waals surface area contributed by atoms with E-state index in [2.05, 4.69) is 9.62 Å². The number of likely N-dealkylation sites (N-methyl/N-ethyl adjacent to an activating group) is 1. The highest BCUT2D eigenvalue weighted by atomic mass is 32.2. The van der Waals surface area contributed by atoms with Crippen molar-refractivity contribution in [1.82, 2.24) is 9.80 Å². The molecule has 0 saturated carbocycles. The highest BCUT2D eigenvalue weighted by Crippen LogP contribution is 2.32. The number of anilines is 1. The van der Waals surface area contributed by atoms with Crippen molar-refractivity contribution in [3.63, 3.8) is 0 Å². The second kappa shape index (κ2) is 12.4. The maximum atomic E-state index is 13.6. The van der Waals surface area contributed by atoms with Gasteiger partial charge in [0.2, 0.25) is 0 Å². The van der Waals surface area contributed by atoms with E-state index in [0.717, 1.165) is 16.9 Å². The number of benzene rings is 2. The molecule has 0 aliphatic carbocycles. The van der Waals surface area contributed by atoms with E-state index in [1.165, 1.54) is 12.1 Å². The number of carboxylic acid groups (broad SMARTS) is 1. The molecular weight excluding hydrogens is 554 g/mol. The number of rotatable bonds is 10. The van der Waals surface area contributed by atoms with Crippen molar-refractivity contribution < 1.29 is 33.0 Å². The van der Waals surface area contributed by atoms with Crippen LogP contribution in [0.1, 0.15) is 40.1 Å². The molecule has 1 aliphatic rings. The van der Waals surface area contributed by atoms with Crippen LogP contribution in [0.3, 0.4) is 0 Å². The van der Waals surface area contributed by atoms with Crippen LogP contribution in [0.15, 0.2) is 64.2 Å². The van der Waals surface area contributed by atoms with Gasteiger partial charge in [-0.15, -0.1) is 11.3 Å². The Kier molecular flexibility index (Phi) is 9.14. The summed E-state index contributed by atoms with van der Waals surface area (Å²) in [4.78, 5) is 28.4. The van der Waals surface area contributed by atoms with Crippen molar-refractivity contribution in [3.8, 4) is 5.75 Å². The SMILES string of the molecule is C[C@H]1CN([C@@H](C)CO)C(=O)c2cc(NS(=O)(=O)c3cccs3)ccc2O[C@H]1CN(C)Cc1ccc(C(=O)O)cc1. The van der Waals surface area contributed by atoms with Gasteiger partial charge in [0, 0.05) is 31.2 Å². The summed E-state index contributed by atoms with van der Waals surface area (Å²) in [5.41, 5.74) is 1.60. The number of amides is 1. The van der Waals surface area contributed by atoms with Crippen LogP contribution in [0, 0.1) is 5.92 Å². The molecule has 12 heteroatoms. The minimum Gasteiger partial charge on any atom is -0.488 e. The monoisotopic (exact) mass is 587 g/mol. The number of ether oxygens (including phenoxy) is 1. The van der Waals surface area contributed by atoms with Crippen LogP contribution in [0.25, 0.3) is 0 Å². The van der Waals surface area contributed by atoms with Crippen molar-refractivity contribution in [3.05, 3.63) is 76.7 Å². The molecule has 3 aromatic rings. The topological polar surface area (TPSA) is 136 Å². The van der Waals surface area contributed by atoms with Gasteiger partial charge in [0.15, 0.2) is 0 Å². The third-order valence-corrected chi connectivity index (χ3v) is 9.60. The van der Waals surface area contributed by atoms with Crippen LogP contribution in [0.5, 0.6) is 5.75 Å². The zero-order chi connectivity index (χ0) is 29.0. The van der Waals surface area contributed by atoms with Gasteiger partial charge >= 0.3 is 5.97 Å². The smallest absolute Gasteiger partial charge is 0.335 e. The van der Waals surface area contributed by atoms with Crippen molar-refractivity contribution in [2.45, 2.75) is 36.7 Å². The first-order valence-electron chi connectivity index (χ1n) is 12.8. The Labute approximate surface area is 237 Å². The molecule has 3 atom stereocenters. The lowest BCUT2D eigenvalue weighted by Gasteiger charge is -2.38. The highest BCUT2D eigenvalue weighted by molar-refractivity contribution is 7.94. The zero-order valence-electron chi connectivity index (χ0n) is 22.5. The third kappa shape index (κ3) is 6.81. The molecule has 2 heterocycles. The summed E-state index contributed by atoms with van der Waals surface area (Å²) in [5.74, 6) is -1.10. The number of nitrogens with one attached hydrogen (secondary N) is 1. The van der Waals surface area contributed by atoms with Gasteiger partial charge in [0.25, 0.3) is 15.9 Å². The molecule has 3 N–H and O–H groups in total. The average molecular weight is 588 g/mol. The number of hydrogen-bond donors (Lipinski definition) is 3. The van der Waals surface area contributed by atoms with Gasteiger partial charge in [0.05, 0.1) is 23.8 Å². The minimum absolute atomic E-state index is 0.0973. The van der Waals surface area contributed by atoms with Crippen LogP contribution in [0.2, 0.25) is 0 Å². The molecule has 0 bridgehead atoms. The van der Waals surface area contributed by atoms with Gasteiger partial charge < -0.3 is 19.8 Å². The molecule has 0 saturated heterocycles. The Bertz CT molecular complexity index is 1440. The van der Waals surface area contributed by atoms with Crippen LogP contribution >= 0.6 is 11.3 Å². The molecular formula is C28H33N3O7S2. The maximum Gasteiger partial charge on any atom is 0.335 e. The third-order valence-electron chi connectivity index (χ3n) is 6.82. The predicted octanol–water partition coefficient (Wildman–Crippen LogP) is 3.60. The number of carboxylic acids is 1. The molecule has 0 spiro atoms. The lowest BCUT2D eigenvalue weighted by molar-refractivity contribution is 0.0341. The second-order valence-corrected chi connectivity index (χ2v) is 12.9. The van der Waals surface area contributed by atoms with Crippen molar-refractivity contribution >= 4 is 38.9 Å². The molecule has 0 unspecified atom stereocenters. The number of aromatic carboxylic acids is 1. The molecule has 0 radical (unpaired) electrons. The molecule has 214 valence electrons. The van der Waals surface area contributed by atoms with E-state index in [0.29, 0.717) is 25.4 Å². The highest BCUT2D eigenvalue weighted by Gasteiger charge is 2.33. The number of aliphatic hydroxyl groups is 1. The van der Waals surface area contributed by atoms with E-state index in [1.807, 2.05) is 14.0 Å². The normalized spacial score (nSPS) is 18.4. The first kappa shape index (κ1) is 29.5.